The first-order valence-electron chi connectivity index (χ1n) is 9.53. The van der Waals surface area contributed by atoms with Gasteiger partial charge < -0.3 is 5.32 Å². The number of primary sulfonamides is 1. The molecule has 1 aliphatic rings. The van der Waals surface area contributed by atoms with Crippen LogP contribution in [0.3, 0.4) is 0 Å². The van der Waals surface area contributed by atoms with Gasteiger partial charge in [0, 0.05) is 28.9 Å². The first-order valence-corrected chi connectivity index (χ1v) is 11.5. The molecule has 0 spiro atoms. The zero-order chi connectivity index (χ0) is 21.3. The molecule has 1 heterocycles. The number of carbonyl (C=O) groups excluding carboxylic acids is 1. The molecule has 3 N–H and O–H groups in total. The minimum absolute atomic E-state index is 0.0552. The lowest BCUT2D eigenvalue weighted by Crippen LogP contribution is -2.18. The zero-order valence-electron chi connectivity index (χ0n) is 16.1. The van der Waals surface area contributed by atoms with E-state index in [9.17, 15) is 13.2 Å². The van der Waals surface area contributed by atoms with E-state index < -0.39 is 10.0 Å². The molecule has 0 unspecified atom stereocenters. The minimum atomic E-state index is -4.02. The Morgan fingerprint density at radius 1 is 1.20 bits per heavy atom. The summed E-state index contributed by atoms with van der Waals surface area (Å²) in [5, 5.41) is 13.1. The molecule has 0 saturated heterocycles. The maximum Gasteiger partial charge on any atom is 0.238 e. The highest BCUT2D eigenvalue weighted by atomic mass is 35.5. The molecule has 1 saturated carbocycles. The lowest BCUT2D eigenvalue weighted by atomic mass is 10.1. The standard InChI is InChI=1S/C21H21ClN4O3S/c22-17-5-2-1-4-15(17)10-20(27)25-18-6-3-7-19(30(23,28)29)21(18)16-11-24-26(13-16)12-14-8-9-14/h1-7,11,13-14H,8-10,12H2,(H,25,27)(H2,23,28,29). The van der Waals surface area contributed by atoms with Gasteiger partial charge >= 0.3 is 0 Å². The van der Waals surface area contributed by atoms with Crippen LogP contribution < -0.4 is 10.5 Å². The summed E-state index contributed by atoms with van der Waals surface area (Å²) < 4.78 is 26.2. The Labute approximate surface area is 179 Å². The summed E-state index contributed by atoms with van der Waals surface area (Å²) >= 11 is 6.15. The summed E-state index contributed by atoms with van der Waals surface area (Å²) in [5.74, 6) is 0.294. The molecule has 7 nitrogen and oxygen atoms in total. The molecule has 3 aromatic rings. The molecule has 0 bridgehead atoms. The Morgan fingerprint density at radius 2 is 1.97 bits per heavy atom. The predicted molar refractivity (Wildman–Crippen MR) is 116 cm³/mol. The normalized spacial score (nSPS) is 13.9. The van der Waals surface area contributed by atoms with Gasteiger partial charge in [-0.1, -0.05) is 35.9 Å². The van der Waals surface area contributed by atoms with E-state index in [0.29, 0.717) is 33.3 Å². The fourth-order valence-electron chi connectivity index (χ4n) is 3.34. The Balaban J connectivity index is 1.68. The number of nitrogens with two attached hydrogens (primary N) is 1. The van der Waals surface area contributed by atoms with Crippen LogP contribution in [0.4, 0.5) is 5.69 Å². The fraction of sp³-hybridized carbons (Fsp3) is 0.238. The van der Waals surface area contributed by atoms with Crippen LogP contribution >= 0.6 is 11.6 Å². The molecule has 0 aliphatic heterocycles. The maximum absolute atomic E-state index is 12.7. The lowest BCUT2D eigenvalue weighted by molar-refractivity contribution is -0.115. The molecule has 0 atom stereocenters. The molecule has 2 aromatic carbocycles. The molecule has 30 heavy (non-hydrogen) atoms. The van der Waals surface area contributed by atoms with Crippen molar-refractivity contribution in [3.8, 4) is 11.1 Å². The fourth-order valence-corrected chi connectivity index (χ4v) is 4.32. The topological polar surface area (TPSA) is 107 Å². The third-order valence-electron chi connectivity index (χ3n) is 4.98. The second-order valence-electron chi connectivity index (χ2n) is 7.43. The molecule has 1 aliphatic carbocycles. The summed E-state index contributed by atoms with van der Waals surface area (Å²) in [4.78, 5) is 12.6. The molecule has 156 valence electrons. The summed E-state index contributed by atoms with van der Waals surface area (Å²) in [6, 6.07) is 11.7. The predicted octanol–water partition coefficient (Wildman–Crippen LogP) is 3.44. The van der Waals surface area contributed by atoms with Crippen molar-refractivity contribution in [2.75, 3.05) is 5.32 Å². The highest BCUT2D eigenvalue weighted by molar-refractivity contribution is 7.89. The highest BCUT2D eigenvalue weighted by Crippen LogP contribution is 2.35. The lowest BCUT2D eigenvalue weighted by Gasteiger charge is -2.14. The van der Waals surface area contributed by atoms with Crippen LogP contribution in [0.1, 0.15) is 18.4 Å². The molecule has 1 fully saturated rings. The number of benzene rings is 2. The number of amides is 1. The van der Waals surface area contributed by atoms with Gasteiger partial charge in [-0.05, 0) is 42.5 Å². The molecular formula is C21H21ClN4O3S. The SMILES string of the molecule is NS(=O)(=O)c1cccc(NC(=O)Cc2ccccc2Cl)c1-c1cnn(CC2CC2)c1. The van der Waals surface area contributed by atoms with Gasteiger partial charge in [-0.2, -0.15) is 5.10 Å². The minimum Gasteiger partial charge on any atom is -0.325 e. The van der Waals surface area contributed by atoms with Gasteiger partial charge in [0.2, 0.25) is 15.9 Å². The van der Waals surface area contributed by atoms with Crippen molar-refractivity contribution < 1.29 is 13.2 Å². The first-order chi connectivity index (χ1) is 14.3. The molecule has 1 amide bonds. The van der Waals surface area contributed by atoms with Gasteiger partial charge in [0.15, 0.2) is 0 Å². The number of halogens is 1. The van der Waals surface area contributed by atoms with Crippen LogP contribution in [0.15, 0.2) is 59.8 Å². The van der Waals surface area contributed by atoms with E-state index in [1.54, 1.807) is 53.5 Å². The van der Waals surface area contributed by atoms with Crippen molar-refractivity contribution in [2.24, 2.45) is 11.1 Å². The first kappa shape index (κ1) is 20.6. The van der Waals surface area contributed by atoms with Crippen molar-refractivity contribution in [1.82, 2.24) is 9.78 Å². The molecular weight excluding hydrogens is 424 g/mol. The van der Waals surface area contributed by atoms with E-state index >= 15 is 0 Å². The number of carbonyl (C=O) groups is 1. The average molecular weight is 445 g/mol. The van der Waals surface area contributed by atoms with E-state index in [1.807, 2.05) is 0 Å². The van der Waals surface area contributed by atoms with Crippen molar-refractivity contribution >= 4 is 33.2 Å². The summed E-state index contributed by atoms with van der Waals surface area (Å²) in [6.07, 6.45) is 5.78. The monoisotopic (exact) mass is 444 g/mol. The Morgan fingerprint density at radius 3 is 2.67 bits per heavy atom. The van der Waals surface area contributed by atoms with Crippen molar-refractivity contribution in [3.05, 3.63) is 65.4 Å². The van der Waals surface area contributed by atoms with E-state index in [1.165, 1.54) is 18.9 Å². The Hall–Kier alpha value is -2.68. The van der Waals surface area contributed by atoms with Crippen LogP contribution in [0, 0.1) is 5.92 Å². The number of nitrogens with one attached hydrogen (secondary N) is 1. The smallest absolute Gasteiger partial charge is 0.238 e. The zero-order valence-corrected chi connectivity index (χ0v) is 17.7. The van der Waals surface area contributed by atoms with Gasteiger partial charge in [0.25, 0.3) is 0 Å². The number of nitrogens with zero attached hydrogens (tertiary/aromatic N) is 2. The second-order valence-corrected chi connectivity index (χ2v) is 9.37. The van der Waals surface area contributed by atoms with Gasteiger partial charge in [-0.25, -0.2) is 13.6 Å². The quantitative estimate of drug-likeness (QED) is 0.581. The van der Waals surface area contributed by atoms with Gasteiger partial charge in [0.1, 0.15) is 0 Å². The van der Waals surface area contributed by atoms with E-state index in [-0.39, 0.29) is 17.2 Å². The third-order valence-corrected chi connectivity index (χ3v) is 6.30. The average Bonchev–Trinajstić information content (AvgIpc) is 3.38. The number of hydrogen-bond acceptors (Lipinski definition) is 4. The van der Waals surface area contributed by atoms with Crippen molar-refractivity contribution in [1.29, 1.82) is 0 Å². The maximum atomic E-state index is 12.7. The van der Waals surface area contributed by atoms with Crippen LogP contribution in [-0.2, 0) is 27.8 Å². The largest absolute Gasteiger partial charge is 0.325 e. The third kappa shape index (κ3) is 4.72. The number of rotatable bonds is 7. The van der Waals surface area contributed by atoms with Crippen molar-refractivity contribution in [2.45, 2.75) is 30.7 Å². The van der Waals surface area contributed by atoms with Gasteiger partial charge in [-0.3, -0.25) is 9.48 Å². The highest BCUT2D eigenvalue weighted by Gasteiger charge is 2.24. The molecule has 0 radical (unpaired) electrons. The van der Waals surface area contributed by atoms with Crippen LogP contribution in [0.2, 0.25) is 5.02 Å². The van der Waals surface area contributed by atoms with Gasteiger partial charge in [-0.15, -0.1) is 0 Å². The van der Waals surface area contributed by atoms with E-state index in [2.05, 4.69) is 10.4 Å². The van der Waals surface area contributed by atoms with E-state index in [4.69, 9.17) is 16.7 Å². The Kier molecular flexibility index (Phi) is 5.64. The number of aromatic nitrogens is 2. The Bertz CT molecular complexity index is 1200. The number of anilines is 1. The van der Waals surface area contributed by atoms with Gasteiger partial charge in [0.05, 0.1) is 23.2 Å². The van der Waals surface area contributed by atoms with Crippen LogP contribution in [0.25, 0.3) is 11.1 Å². The van der Waals surface area contributed by atoms with Crippen molar-refractivity contribution in [3.63, 3.8) is 0 Å². The molecule has 9 heteroatoms. The summed E-state index contributed by atoms with van der Waals surface area (Å²) in [7, 11) is -4.02. The summed E-state index contributed by atoms with van der Waals surface area (Å²) in [5.41, 5.74) is 1.94. The number of hydrogen-bond donors (Lipinski definition) is 2. The van der Waals surface area contributed by atoms with E-state index in [0.717, 1.165) is 6.54 Å². The molecule has 1 aromatic heterocycles. The molecule has 4 rings (SSSR count). The second kappa shape index (κ2) is 8.22. The summed E-state index contributed by atoms with van der Waals surface area (Å²) in [6.45, 7) is 0.783. The van der Waals surface area contributed by atoms with Crippen LogP contribution in [-0.4, -0.2) is 24.1 Å². The van der Waals surface area contributed by atoms with Crippen LogP contribution in [0.5, 0.6) is 0 Å². The number of sulfonamides is 1.